The molecule has 6 heteroatoms. The molecule has 0 bridgehead atoms. The Morgan fingerprint density at radius 2 is 1.04 bits per heavy atom. The zero-order chi connectivity index (χ0) is 18.8. The molecule has 2 aromatic rings. The summed E-state index contributed by atoms with van der Waals surface area (Å²) in [5.74, 6) is -1.30. The Morgan fingerprint density at radius 1 is 0.692 bits per heavy atom. The minimum absolute atomic E-state index is 0.0136. The van der Waals surface area contributed by atoms with Crippen molar-refractivity contribution in [2.45, 2.75) is 13.8 Å². The molecule has 2 rings (SSSR count). The molecule has 0 amide bonds. The highest BCUT2D eigenvalue weighted by Gasteiger charge is 2.24. The van der Waals surface area contributed by atoms with Gasteiger partial charge >= 0.3 is 11.9 Å². The van der Waals surface area contributed by atoms with E-state index in [1.54, 1.807) is 38.1 Å². The van der Waals surface area contributed by atoms with Crippen molar-refractivity contribution in [1.82, 2.24) is 0 Å². The largest absolute Gasteiger partial charge is 0.461 e. The number of nitrogens with one attached hydrogen (secondary N) is 2. The van der Waals surface area contributed by atoms with Crippen molar-refractivity contribution in [2.75, 3.05) is 23.8 Å². The number of benzene rings is 2. The lowest BCUT2D eigenvalue weighted by Crippen LogP contribution is -2.25. The average molecular weight is 354 g/mol. The molecule has 0 saturated heterocycles. The standard InChI is InChI=1S/C20H22N2O4/c1-3-25-19(23)17(21-15-11-7-5-8-12-15)18(20(24)26-4-2)22-16-13-9-6-10-14-16/h5-14,21-22H,3-4H2,1-2H3/b18-17-. The molecule has 0 radical (unpaired) electrons. The highest BCUT2D eigenvalue weighted by atomic mass is 16.5. The van der Waals surface area contributed by atoms with Crippen LogP contribution >= 0.6 is 0 Å². The van der Waals surface area contributed by atoms with Crippen molar-refractivity contribution in [2.24, 2.45) is 0 Å². The second-order valence-corrected chi connectivity index (χ2v) is 5.17. The fraction of sp³-hybridized carbons (Fsp3) is 0.200. The Labute approximate surface area is 152 Å². The van der Waals surface area contributed by atoms with Crippen LogP contribution in [0.4, 0.5) is 11.4 Å². The first kappa shape index (κ1) is 19.1. The molecule has 0 aliphatic heterocycles. The normalized spacial score (nSPS) is 11.2. The fourth-order valence-electron chi connectivity index (χ4n) is 2.17. The Bertz CT molecular complexity index is 692. The number of carbonyl (C=O) groups excluding carboxylic acids is 2. The number of hydrogen-bond acceptors (Lipinski definition) is 6. The number of ether oxygens (including phenoxy) is 2. The van der Waals surface area contributed by atoms with Gasteiger partial charge in [0.1, 0.15) is 0 Å². The van der Waals surface area contributed by atoms with Gasteiger partial charge < -0.3 is 20.1 Å². The van der Waals surface area contributed by atoms with E-state index in [1.165, 1.54) is 0 Å². The lowest BCUT2D eigenvalue weighted by atomic mass is 10.2. The van der Waals surface area contributed by atoms with E-state index in [-0.39, 0.29) is 24.6 Å². The fourth-order valence-corrected chi connectivity index (χ4v) is 2.17. The van der Waals surface area contributed by atoms with Crippen LogP contribution in [0.1, 0.15) is 13.8 Å². The van der Waals surface area contributed by atoms with Gasteiger partial charge in [-0.2, -0.15) is 0 Å². The number of rotatable bonds is 8. The second-order valence-electron chi connectivity index (χ2n) is 5.17. The Kier molecular flexibility index (Phi) is 7.24. The molecule has 0 saturated carbocycles. The molecule has 26 heavy (non-hydrogen) atoms. The molecular formula is C20H22N2O4. The van der Waals surface area contributed by atoms with Crippen molar-refractivity contribution in [1.29, 1.82) is 0 Å². The van der Waals surface area contributed by atoms with Gasteiger partial charge in [0.25, 0.3) is 0 Å². The summed E-state index contributed by atoms with van der Waals surface area (Å²) in [7, 11) is 0. The highest BCUT2D eigenvalue weighted by Crippen LogP contribution is 2.18. The third kappa shape index (κ3) is 5.37. The van der Waals surface area contributed by atoms with Gasteiger partial charge in [-0.15, -0.1) is 0 Å². The summed E-state index contributed by atoms with van der Waals surface area (Å²) in [6.45, 7) is 3.76. The van der Waals surface area contributed by atoms with E-state index >= 15 is 0 Å². The molecule has 0 spiro atoms. The van der Waals surface area contributed by atoms with Crippen LogP contribution < -0.4 is 10.6 Å². The van der Waals surface area contributed by atoms with Crippen LogP contribution in [0.15, 0.2) is 72.1 Å². The van der Waals surface area contributed by atoms with Gasteiger partial charge in [0.05, 0.1) is 13.2 Å². The van der Waals surface area contributed by atoms with Crippen LogP contribution in [-0.4, -0.2) is 25.2 Å². The SMILES string of the molecule is CCOC(=O)/C(Nc1ccccc1)=C(/Nc1ccccc1)C(=O)OCC. The Morgan fingerprint density at radius 3 is 1.35 bits per heavy atom. The number of carbonyl (C=O) groups is 2. The minimum Gasteiger partial charge on any atom is -0.461 e. The third-order valence-electron chi connectivity index (χ3n) is 3.30. The van der Waals surface area contributed by atoms with Crippen LogP contribution in [0.5, 0.6) is 0 Å². The Hall–Kier alpha value is -3.28. The van der Waals surface area contributed by atoms with Crippen LogP contribution in [0, 0.1) is 0 Å². The van der Waals surface area contributed by atoms with Crippen molar-refractivity contribution >= 4 is 23.3 Å². The molecule has 6 nitrogen and oxygen atoms in total. The smallest absolute Gasteiger partial charge is 0.357 e. The van der Waals surface area contributed by atoms with Gasteiger partial charge in [0.15, 0.2) is 11.4 Å². The molecule has 0 unspecified atom stereocenters. The van der Waals surface area contributed by atoms with Crippen LogP contribution in [0.2, 0.25) is 0 Å². The maximum absolute atomic E-state index is 12.5. The van der Waals surface area contributed by atoms with Crippen molar-refractivity contribution in [3.8, 4) is 0 Å². The van der Waals surface area contributed by atoms with E-state index in [0.29, 0.717) is 11.4 Å². The van der Waals surface area contributed by atoms with Gasteiger partial charge in [0, 0.05) is 11.4 Å². The first-order valence-corrected chi connectivity index (χ1v) is 8.38. The van der Waals surface area contributed by atoms with E-state index in [9.17, 15) is 9.59 Å². The lowest BCUT2D eigenvalue weighted by molar-refractivity contribution is -0.141. The second kappa shape index (κ2) is 9.88. The van der Waals surface area contributed by atoms with Gasteiger partial charge in [-0.05, 0) is 38.1 Å². The number of esters is 2. The summed E-state index contributed by atoms with van der Waals surface area (Å²) < 4.78 is 10.2. The molecule has 0 aromatic heterocycles. The summed E-state index contributed by atoms with van der Waals surface area (Å²) in [5, 5.41) is 5.93. The first-order chi connectivity index (χ1) is 12.7. The van der Waals surface area contributed by atoms with Crippen molar-refractivity contribution < 1.29 is 19.1 Å². The minimum atomic E-state index is -0.650. The van der Waals surface area contributed by atoms with Crippen LogP contribution in [0.25, 0.3) is 0 Å². The van der Waals surface area contributed by atoms with Crippen molar-refractivity contribution in [3.05, 3.63) is 72.1 Å². The molecular weight excluding hydrogens is 332 g/mol. The third-order valence-corrected chi connectivity index (χ3v) is 3.30. The molecule has 0 aliphatic rings. The predicted molar refractivity (Wildman–Crippen MR) is 100 cm³/mol. The molecule has 0 atom stereocenters. The summed E-state index contributed by atoms with van der Waals surface area (Å²) in [6, 6.07) is 18.1. The van der Waals surface area contributed by atoms with E-state index in [2.05, 4.69) is 10.6 Å². The van der Waals surface area contributed by atoms with E-state index in [4.69, 9.17) is 9.47 Å². The zero-order valence-corrected chi connectivity index (χ0v) is 14.8. The molecule has 0 aliphatic carbocycles. The highest BCUT2D eigenvalue weighted by molar-refractivity contribution is 6.04. The van der Waals surface area contributed by atoms with Gasteiger partial charge in [-0.3, -0.25) is 0 Å². The lowest BCUT2D eigenvalue weighted by Gasteiger charge is -2.17. The number of para-hydroxylation sites is 2. The molecule has 0 heterocycles. The average Bonchev–Trinajstić information content (AvgIpc) is 2.66. The number of anilines is 2. The summed E-state index contributed by atoms with van der Waals surface area (Å²) in [6.07, 6.45) is 0. The van der Waals surface area contributed by atoms with Crippen LogP contribution in [-0.2, 0) is 19.1 Å². The van der Waals surface area contributed by atoms with Gasteiger partial charge in [0.2, 0.25) is 0 Å². The van der Waals surface area contributed by atoms with Gasteiger partial charge in [-0.25, -0.2) is 9.59 Å². The number of hydrogen-bond donors (Lipinski definition) is 2. The summed E-state index contributed by atoms with van der Waals surface area (Å²) >= 11 is 0. The van der Waals surface area contributed by atoms with E-state index < -0.39 is 11.9 Å². The maximum Gasteiger partial charge on any atom is 0.357 e. The molecule has 2 aromatic carbocycles. The van der Waals surface area contributed by atoms with Crippen LogP contribution in [0.3, 0.4) is 0 Å². The van der Waals surface area contributed by atoms with Gasteiger partial charge in [-0.1, -0.05) is 36.4 Å². The first-order valence-electron chi connectivity index (χ1n) is 8.38. The van der Waals surface area contributed by atoms with E-state index in [0.717, 1.165) is 0 Å². The summed E-state index contributed by atoms with van der Waals surface area (Å²) in [4.78, 5) is 25.0. The maximum atomic E-state index is 12.5. The Balaban J connectivity index is 2.47. The molecule has 2 N–H and O–H groups in total. The quantitative estimate of drug-likeness (QED) is 0.558. The topological polar surface area (TPSA) is 76.7 Å². The molecule has 136 valence electrons. The molecule has 0 fully saturated rings. The predicted octanol–water partition coefficient (Wildman–Crippen LogP) is 3.55. The van der Waals surface area contributed by atoms with Crippen molar-refractivity contribution in [3.63, 3.8) is 0 Å². The summed E-state index contributed by atoms with van der Waals surface area (Å²) in [5.41, 5.74) is 1.26. The van der Waals surface area contributed by atoms with E-state index in [1.807, 2.05) is 36.4 Å². The monoisotopic (exact) mass is 354 g/mol. The zero-order valence-electron chi connectivity index (χ0n) is 14.8.